The summed E-state index contributed by atoms with van der Waals surface area (Å²) >= 11 is 0. The summed E-state index contributed by atoms with van der Waals surface area (Å²) in [6.45, 7) is 7.73. The molecule has 0 unspecified atom stereocenters. The molecule has 0 aliphatic rings. The van der Waals surface area contributed by atoms with Gasteiger partial charge in [-0.2, -0.15) is 0 Å². The molecule has 0 radical (unpaired) electrons. The van der Waals surface area contributed by atoms with Crippen LogP contribution in [0, 0.1) is 0 Å². The fourth-order valence-corrected chi connectivity index (χ4v) is 4.10. The Kier molecular flexibility index (Phi) is 8.78. The summed E-state index contributed by atoms with van der Waals surface area (Å²) < 4.78 is 22.4. The van der Waals surface area contributed by atoms with Gasteiger partial charge in [0.2, 0.25) is 5.88 Å². The molecule has 0 saturated carbocycles. The van der Waals surface area contributed by atoms with E-state index in [4.69, 9.17) is 18.1 Å². The Morgan fingerprint density at radius 3 is 2.29 bits per heavy atom. The zero-order valence-electron chi connectivity index (χ0n) is 20.3. The summed E-state index contributed by atoms with van der Waals surface area (Å²) in [5.41, 5.74) is 2.78. The zero-order valence-corrected chi connectivity index (χ0v) is 20.3. The van der Waals surface area contributed by atoms with Crippen molar-refractivity contribution in [2.24, 2.45) is 0 Å². The molecule has 0 spiro atoms. The number of nitrogens with zero attached hydrogens (tertiary/aromatic N) is 3. The van der Waals surface area contributed by atoms with E-state index >= 15 is 0 Å². The van der Waals surface area contributed by atoms with E-state index in [9.17, 15) is 5.11 Å². The van der Waals surface area contributed by atoms with Crippen molar-refractivity contribution in [3.63, 3.8) is 0 Å². The number of hydrogen-bond donors (Lipinski definition) is 1. The van der Waals surface area contributed by atoms with Crippen molar-refractivity contribution in [3.05, 3.63) is 84.2 Å². The van der Waals surface area contributed by atoms with Gasteiger partial charge >= 0.3 is 0 Å². The molecule has 0 fully saturated rings. The average Bonchev–Trinajstić information content (AvgIpc) is 3.64. The van der Waals surface area contributed by atoms with Crippen LogP contribution >= 0.6 is 0 Å². The quantitative estimate of drug-likeness (QED) is 0.272. The maximum absolute atomic E-state index is 10.8. The monoisotopic (exact) mass is 479 g/mol. The second-order valence-electron chi connectivity index (χ2n) is 8.35. The molecule has 1 N–H and O–H groups in total. The largest absolute Gasteiger partial charge is 0.468 e. The summed E-state index contributed by atoms with van der Waals surface area (Å²) in [4.78, 5) is 4.29. The molecular weight excluding hydrogens is 446 g/mol. The SMILES string of the molecule is CCN(CC)c1onc(-c2ccccc2)c1CN(Cc1ccco1)C[C@H](O)COCc1ccco1. The fourth-order valence-electron chi connectivity index (χ4n) is 4.10. The van der Waals surface area contributed by atoms with E-state index in [0.717, 1.165) is 47.3 Å². The molecule has 8 heteroatoms. The van der Waals surface area contributed by atoms with Crippen molar-refractivity contribution < 1.29 is 23.2 Å². The van der Waals surface area contributed by atoms with Gasteiger partial charge in [-0.3, -0.25) is 4.90 Å². The van der Waals surface area contributed by atoms with Crippen LogP contribution in [0.2, 0.25) is 0 Å². The van der Waals surface area contributed by atoms with Crippen LogP contribution in [-0.4, -0.2) is 47.5 Å². The maximum atomic E-state index is 10.8. The van der Waals surface area contributed by atoms with Crippen molar-refractivity contribution in [1.82, 2.24) is 10.1 Å². The highest BCUT2D eigenvalue weighted by Crippen LogP contribution is 2.33. The number of rotatable bonds is 14. The van der Waals surface area contributed by atoms with Crippen LogP contribution in [0.5, 0.6) is 0 Å². The van der Waals surface area contributed by atoms with Crippen molar-refractivity contribution in [1.29, 1.82) is 0 Å². The van der Waals surface area contributed by atoms with E-state index < -0.39 is 6.10 Å². The molecule has 0 amide bonds. The van der Waals surface area contributed by atoms with Crippen LogP contribution in [0.15, 0.2) is 80.5 Å². The lowest BCUT2D eigenvalue weighted by atomic mass is 10.1. The zero-order chi connectivity index (χ0) is 24.5. The highest BCUT2D eigenvalue weighted by Gasteiger charge is 2.25. The van der Waals surface area contributed by atoms with Gasteiger partial charge in [0.25, 0.3) is 0 Å². The minimum absolute atomic E-state index is 0.188. The van der Waals surface area contributed by atoms with Gasteiger partial charge in [-0.1, -0.05) is 35.5 Å². The first-order valence-corrected chi connectivity index (χ1v) is 12.0. The Labute approximate surface area is 205 Å². The molecule has 4 aromatic rings. The number of benzene rings is 1. The van der Waals surface area contributed by atoms with Gasteiger partial charge in [0, 0.05) is 31.7 Å². The minimum Gasteiger partial charge on any atom is -0.468 e. The van der Waals surface area contributed by atoms with Gasteiger partial charge in [0.05, 0.1) is 37.3 Å². The van der Waals surface area contributed by atoms with Gasteiger partial charge < -0.3 is 28.1 Å². The third-order valence-electron chi connectivity index (χ3n) is 5.81. The molecule has 1 aromatic carbocycles. The Morgan fingerprint density at radius 1 is 0.914 bits per heavy atom. The summed E-state index contributed by atoms with van der Waals surface area (Å²) in [6.07, 6.45) is 2.57. The van der Waals surface area contributed by atoms with Gasteiger partial charge in [0.1, 0.15) is 23.8 Å². The van der Waals surface area contributed by atoms with Crippen molar-refractivity contribution in [2.45, 2.75) is 39.6 Å². The van der Waals surface area contributed by atoms with Gasteiger partial charge in [-0.25, -0.2) is 0 Å². The second kappa shape index (κ2) is 12.4. The molecule has 186 valence electrons. The average molecular weight is 480 g/mol. The lowest BCUT2D eigenvalue weighted by Gasteiger charge is -2.26. The van der Waals surface area contributed by atoms with Crippen LogP contribution in [-0.2, 0) is 24.4 Å². The molecule has 3 heterocycles. The first kappa shape index (κ1) is 24.8. The molecule has 8 nitrogen and oxygen atoms in total. The van der Waals surface area contributed by atoms with Gasteiger partial charge in [-0.05, 0) is 38.1 Å². The van der Waals surface area contributed by atoms with E-state index in [1.54, 1.807) is 12.5 Å². The van der Waals surface area contributed by atoms with E-state index in [1.807, 2.05) is 54.6 Å². The predicted octanol–water partition coefficient (Wildman–Crippen LogP) is 4.95. The maximum Gasteiger partial charge on any atom is 0.232 e. The molecule has 0 bridgehead atoms. The van der Waals surface area contributed by atoms with Crippen molar-refractivity contribution in [3.8, 4) is 11.3 Å². The van der Waals surface area contributed by atoms with Crippen molar-refractivity contribution in [2.75, 3.05) is 31.1 Å². The number of anilines is 1. The Hall–Kier alpha value is -3.33. The number of aliphatic hydroxyl groups excluding tert-OH is 1. The lowest BCUT2D eigenvalue weighted by Crippen LogP contribution is -2.35. The highest BCUT2D eigenvalue weighted by atomic mass is 16.5. The van der Waals surface area contributed by atoms with Crippen molar-refractivity contribution >= 4 is 5.88 Å². The Morgan fingerprint density at radius 2 is 1.63 bits per heavy atom. The van der Waals surface area contributed by atoms with Crippen LogP contribution in [0.3, 0.4) is 0 Å². The topological polar surface area (TPSA) is 88.3 Å². The molecule has 1 atom stereocenters. The first-order valence-electron chi connectivity index (χ1n) is 12.0. The number of aromatic nitrogens is 1. The molecule has 0 aliphatic heterocycles. The summed E-state index contributed by atoms with van der Waals surface area (Å²) in [6, 6.07) is 17.5. The third-order valence-corrected chi connectivity index (χ3v) is 5.81. The molecule has 0 aliphatic carbocycles. The molecular formula is C27H33N3O5. The first-order chi connectivity index (χ1) is 17.2. The van der Waals surface area contributed by atoms with Gasteiger partial charge in [0.15, 0.2) is 0 Å². The van der Waals surface area contributed by atoms with E-state index in [0.29, 0.717) is 26.2 Å². The normalized spacial score (nSPS) is 12.3. The Balaban J connectivity index is 1.54. The lowest BCUT2D eigenvalue weighted by molar-refractivity contribution is 0.00164. The van der Waals surface area contributed by atoms with E-state index in [1.165, 1.54) is 0 Å². The molecule has 3 aromatic heterocycles. The molecule has 35 heavy (non-hydrogen) atoms. The van der Waals surface area contributed by atoms with Crippen LogP contribution in [0.25, 0.3) is 11.3 Å². The summed E-state index contributed by atoms with van der Waals surface area (Å²) in [7, 11) is 0. The van der Waals surface area contributed by atoms with Gasteiger partial charge in [-0.15, -0.1) is 0 Å². The third kappa shape index (κ3) is 6.63. The predicted molar refractivity (Wildman–Crippen MR) is 133 cm³/mol. The summed E-state index contributed by atoms with van der Waals surface area (Å²) in [5, 5.41) is 15.2. The number of aliphatic hydroxyl groups is 1. The minimum atomic E-state index is -0.697. The number of hydrogen-bond acceptors (Lipinski definition) is 8. The number of ether oxygens (including phenoxy) is 1. The Bertz CT molecular complexity index is 1110. The van der Waals surface area contributed by atoms with Crippen LogP contribution in [0.4, 0.5) is 5.88 Å². The second-order valence-corrected chi connectivity index (χ2v) is 8.35. The standard InChI is InChI=1S/C27H33N3O5/c1-3-30(4-2)27-25(26(28-35-27)21-10-6-5-7-11-21)18-29(17-23-12-8-14-33-23)16-22(31)19-32-20-24-13-9-15-34-24/h5-15,22,31H,3-4,16-20H2,1-2H3/t22-/m0/s1. The molecule has 0 saturated heterocycles. The van der Waals surface area contributed by atoms with Crippen LogP contribution < -0.4 is 4.90 Å². The van der Waals surface area contributed by atoms with Crippen LogP contribution in [0.1, 0.15) is 30.9 Å². The summed E-state index contributed by atoms with van der Waals surface area (Å²) in [5.74, 6) is 2.29. The fraction of sp³-hybridized carbons (Fsp3) is 0.370. The number of furan rings is 2. The van der Waals surface area contributed by atoms with E-state index in [-0.39, 0.29) is 6.61 Å². The van der Waals surface area contributed by atoms with E-state index in [2.05, 4.69) is 28.8 Å². The highest BCUT2D eigenvalue weighted by molar-refractivity contribution is 5.68. The molecule has 4 rings (SSSR count). The smallest absolute Gasteiger partial charge is 0.232 e.